The fraction of sp³-hybridized carbons (Fsp3) is 0.355. The zero-order valence-electron chi connectivity index (χ0n) is 45.9. The highest BCUT2D eigenvalue weighted by molar-refractivity contribution is 5.96. The highest BCUT2D eigenvalue weighted by Crippen LogP contribution is 2.70. The van der Waals surface area contributed by atoms with E-state index in [0.717, 1.165) is 22.3 Å². The fourth-order valence-corrected chi connectivity index (χ4v) is 12.3. The molecule has 6 aromatic rings. The van der Waals surface area contributed by atoms with Gasteiger partial charge in [0.05, 0.1) is 46.0 Å². The number of rotatable bonds is 19. The number of esters is 1. The number of alkyl carbamates (subject to hydrolysis) is 1. The van der Waals surface area contributed by atoms with E-state index in [-0.39, 0.29) is 61.5 Å². The van der Waals surface area contributed by atoms with Gasteiger partial charge >= 0.3 is 18.1 Å². The molecule has 21 nitrogen and oxygen atoms in total. The Kier molecular flexibility index (Phi) is 16.3. The Morgan fingerprint density at radius 2 is 1.42 bits per heavy atom. The van der Waals surface area contributed by atoms with E-state index < -0.39 is 90.3 Å². The molecule has 0 spiro atoms. The standard InChI is InChI=1S/C62H64N4O17/c1-73-38-26-22-36(23-27-38)62-51(34-13-6-5-7-14-34)50(55(69)75-3)53(67)61(62,72)52-46(74-2)29-39(30-47(52)83-62)80-58-57(76-4)78-33-49(82-58)48-32-77-56(81-48)35-20-24-37(25-21-35)65-54(68)45(19-12-28-64-59(63)70)66-60(71)79-31-44-42-17-10-8-15-40(42)41-16-9-11-18-43(41)44/h5-11,13-18,20-27,29-30,44-45,48-51,53,56-58,67,72H,12,19,28,31-33H2,1-4H3,(H,65,68)(H,66,71)(H3,63,64,70)/t45-,48+,49+,50-,51+,53-,56-,57+,58+,61-,62+/m0/s1. The summed E-state index contributed by atoms with van der Waals surface area (Å²) in [6.07, 6.45) is -6.46. The Bertz CT molecular complexity index is 3290. The molecule has 0 unspecified atom stereocenters. The normalized spacial score (nSPS) is 26.0. The quantitative estimate of drug-likeness (QED) is 0.0367. The molecule has 5 aliphatic rings. The first-order valence-corrected chi connectivity index (χ1v) is 27.2. The van der Waals surface area contributed by atoms with Gasteiger partial charge < -0.3 is 84.0 Å². The number of carbonyl (C=O) groups excluding carboxylic acids is 4. The van der Waals surface area contributed by atoms with Crippen LogP contribution in [-0.2, 0) is 53.9 Å². The summed E-state index contributed by atoms with van der Waals surface area (Å²) in [5, 5.41) is 33.9. The summed E-state index contributed by atoms with van der Waals surface area (Å²) in [5.41, 5.74) is 7.55. The maximum Gasteiger partial charge on any atom is 0.407 e. The van der Waals surface area contributed by atoms with Crippen molar-refractivity contribution in [3.63, 3.8) is 0 Å². The molecule has 2 saturated heterocycles. The summed E-state index contributed by atoms with van der Waals surface area (Å²) in [4.78, 5) is 52.3. The van der Waals surface area contributed by atoms with Crippen LogP contribution in [0.2, 0.25) is 0 Å². The van der Waals surface area contributed by atoms with Crippen molar-refractivity contribution < 1.29 is 81.5 Å². The number of fused-ring (bicyclic) bond motifs is 6. The Morgan fingerprint density at radius 1 is 0.747 bits per heavy atom. The Labute approximate surface area is 478 Å². The number of nitrogens with one attached hydrogen (secondary N) is 3. The molecule has 0 radical (unpaired) electrons. The topological polar surface area (TPSA) is 272 Å². The van der Waals surface area contributed by atoms with Crippen LogP contribution in [0.4, 0.5) is 15.3 Å². The highest BCUT2D eigenvalue weighted by atomic mass is 16.8. The predicted molar refractivity (Wildman–Crippen MR) is 296 cm³/mol. The SMILES string of the molecule is COC(=O)[C@H]1[C@@H](c2ccccc2)[C@@]2(c3ccc(OC)cc3)Oc3cc(O[C@@H]4O[C@@H]([C@H]5CO[C@H](c6ccc(NC(=O)[C@H](CCCNC(N)=O)NC(=O)OCC7c8ccccc8-c8ccccc87)cc6)O5)CO[C@H]4OC)cc(OC)c3[C@]2(O)[C@H]1O. The molecule has 11 atom stereocenters. The summed E-state index contributed by atoms with van der Waals surface area (Å²) in [7, 11) is 5.60. The first kappa shape index (κ1) is 56.6. The summed E-state index contributed by atoms with van der Waals surface area (Å²) in [6, 6.07) is 40.0. The number of urea groups is 1. The van der Waals surface area contributed by atoms with Crippen molar-refractivity contribution in [2.24, 2.45) is 11.7 Å². The minimum absolute atomic E-state index is 0.0437. The van der Waals surface area contributed by atoms with Gasteiger partial charge in [0.15, 0.2) is 17.5 Å². The molecular formula is C62H64N4O17. The van der Waals surface area contributed by atoms with Crippen molar-refractivity contribution >= 4 is 29.7 Å². The van der Waals surface area contributed by atoms with Gasteiger partial charge in [0.25, 0.3) is 6.29 Å². The molecule has 434 valence electrons. The monoisotopic (exact) mass is 1140 g/mol. The number of hydrogen-bond donors (Lipinski definition) is 6. The first-order valence-electron chi connectivity index (χ1n) is 27.2. The van der Waals surface area contributed by atoms with Gasteiger partial charge in [-0.05, 0) is 70.5 Å². The lowest BCUT2D eigenvalue weighted by atomic mass is 9.70. The van der Waals surface area contributed by atoms with Crippen LogP contribution in [0.15, 0.2) is 140 Å². The predicted octanol–water partition coefficient (Wildman–Crippen LogP) is 6.63. The maximum absolute atomic E-state index is 13.8. The second-order valence-corrected chi connectivity index (χ2v) is 20.7. The lowest BCUT2D eigenvalue weighted by Gasteiger charge is -2.40. The van der Waals surface area contributed by atoms with Gasteiger partial charge in [-0.3, -0.25) is 9.59 Å². The van der Waals surface area contributed by atoms with E-state index in [9.17, 15) is 29.4 Å². The number of ether oxygens (including phenoxy) is 11. The minimum Gasteiger partial charge on any atom is -0.497 e. The molecule has 1 saturated carbocycles. The van der Waals surface area contributed by atoms with E-state index >= 15 is 0 Å². The summed E-state index contributed by atoms with van der Waals surface area (Å²) < 4.78 is 66.8. The molecule has 6 aromatic carbocycles. The van der Waals surface area contributed by atoms with Crippen molar-refractivity contribution in [1.29, 1.82) is 0 Å². The first-order chi connectivity index (χ1) is 40.3. The number of primary amides is 1. The van der Waals surface area contributed by atoms with Crippen molar-refractivity contribution in [2.45, 2.75) is 79.1 Å². The lowest BCUT2D eigenvalue weighted by molar-refractivity contribution is -0.323. The van der Waals surface area contributed by atoms with Gasteiger partial charge in [0, 0.05) is 48.9 Å². The zero-order chi connectivity index (χ0) is 58.0. The molecule has 21 heteroatoms. The highest BCUT2D eigenvalue weighted by Gasteiger charge is 2.78. The van der Waals surface area contributed by atoms with Crippen LogP contribution in [0.3, 0.4) is 0 Å². The number of aliphatic hydroxyl groups is 2. The zero-order valence-corrected chi connectivity index (χ0v) is 45.9. The number of nitrogens with two attached hydrogens (primary N) is 1. The van der Waals surface area contributed by atoms with Crippen LogP contribution >= 0.6 is 0 Å². The molecule has 7 N–H and O–H groups in total. The van der Waals surface area contributed by atoms with Crippen LogP contribution in [-0.4, -0.2) is 126 Å². The van der Waals surface area contributed by atoms with Crippen LogP contribution in [0, 0.1) is 5.92 Å². The molecule has 2 aliphatic carbocycles. The van der Waals surface area contributed by atoms with E-state index in [1.807, 2.05) is 54.6 Å². The molecule has 3 heterocycles. The molecule has 0 bridgehead atoms. The molecule has 4 amide bonds. The van der Waals surface area contributed by atoms with Crippen LogP contribution in [0.25, 0.3) is 11.1 Å². The van der Waals surface area contributed by atoms with Gasteiger partial charge in [-0.15, -0.1) is 0 Å². The fourth-order valence-electron chi connectivity index (χ4n) is 12.3. The average molecular weight is 1140 g/mol. The van der Waals surface area contributed by atoms with E-state index in [2.05, 4.69) is 16.0 Å². The van der Waals surface area contributed by atoms with Crippen LogP contribution < -0.4 is 40.6 Å². The van der Waals surface area contributed by atoms with Gasteiger partial charge in [0.1, 0.15) is 54.0 Å². The average Bonchev–Trinajstić information content (AvgIpc) is 2.21. The molecule has 0 aromatic heterocycles. The second kappa shape index (κ2) is 23.9. The molecule has 3 aliphatic heterocycles. The van der Waals surface area contributed by atoms with Gasteiger partial charge in [-0.2, -0.15) is 0 Å². The van der Waals surface area contributed by atoms with Crippen molar-refractivity contribution in [3.05, 3.63) is 173 Å². The maximum atomic E-state index is 13.8. The van der Waals surface area contributed by atoms with Crippen molar-refractivity contribution in [1.82, 2.24) is 10.6 Å². The minimum atomic E-state index is -2.31. The smallest absolute Gasteiger partial charge is 0.407 e. The number of anilines is 1. The van der Waals surface area contributed by atoms with Gasteiger partial charge in [0.2, 0.25) is 12.2 Å². The third-order valence-electron chi connectivity index (χ3n) is 16.1. The number of aliphatic hydroxyl groups excluding tert-OH is 1. The molecule has 11 rings (SSSR count). The number of hydrogen-bond acceptors (Lipinski definition) is 17. The van der Waals surface area contributed by atoms with Crippen LogP contribution in [0.5, 0.6) is 23.0 Å². The number of benzene rings is 6. The summed E-state index contributed by atoms with van der Waals surface area (Å²) in [5.74, 6) is -2.87. The van der Waals surface area contributed by atoms with E-state index in [1.54, 1.807) is 78.9 Å². The Morgan fingerprint density at radius 3 is 2.08 bits per heavy atom. The molecule has 3 fully saturated rings. The second-order valence-electron chi connectivity index (χ2n) is 20.7. The van der Waals surface area contributed by atoms with Crippen molar-refractivity contribution in [3.8, 4) is 34.1 Å². The third kappa shape index (κ3) is 10.5. The third-order valence-corrected chi connectivity index (χ3v) is 16.1. The Hall–Kier alpha value is -8.28. The van der Waals surface area contributed by atoms with Crippen LogP contribution in [0.1, 0.15) is 64.3 Å². The van der Waals surface area contributed by atoms with Crippen molar-refractivity contribution in [2.75, 3.05) is 60.1 Å². The molecular weight excluding hydrogens is 1070 g/mol. The largest absolute Gasteiger partial charge is 0.497 e. The van der Waals surface area contributed by atoms with E-state index in [1.165, 1.54) is 34.5 Å². The number of carbonyl (C=O) groups is 4. The summed E-state index contributed by atoms with van der Waals surface area (Å²) in [6.45, 7) is 0.395. The lowest BCUT2D eigenvalue weighted by Crippen LogP contribution is -2.52. The van der Waals surface area contributed by atoms with E-state index in [0.29, 0.717) is 34.5 Å². The number of amides is 4. The number of methoxy groups -OCH3 is 4. The van der Waals surface area contributed by atoms with E-state index in [4.69, 9.17) is 57.8 Å². The Balaban J connectivity index is 0.760. The van der Waals surface area contributed by atoms with Gasteiger partial charge in [-0.25, -0.2) is 9.59 Å². The molecule has 83 heavy (non-hydrogen) atoms. The van der Waals surface area contributed by atoms with Gasteiger partial charge in [-0.1, -0.05) is 103 Å². The summed E-state index contributed by atoms with van der Waals surface area (Å²) >= 11 is 0.